The van der Waals surface area contributed by atoms with Gasteiger partial charge in [-0.05, 0) is 35.9 Å². The van der Waals surface area contributed by atoms with E-state index in [1.807, 2.05) is 12.1 Å². The van der Waals surface area contributed by atoms with E-state index in [4.69, 9.17) is 10.5 Å². The molecule has 0 atom stereocenters. The Morgan fingerprint density at radius 1 is 1.10 bits per heavy atom. The van der Waals surface area contributed by atoms with Gasteiger partial charge in [0.25, 0.3) is 0 Å². The first kappa shape index (κ1) is 16.0. The minimum Gasteiger partial charge on any atom is -0.493 e. The minimum absolute atomic E-state index is 0.0674. The van der Waals surface area contributed by atoms with Crippen LogP contribution >= 0.6 is 15.9 Å². The van der Waals surface area contributed by atoms with Crippen molar-refractivity contribution in [3.05, 3.63) is 58.6 Å². The fourth-order valence-electron chi connectivity index (χ4n) is 1.77. The summed E-state index contributed by atoms with van der Waals surface area (Å²) in [6, 6.07) is 13.9. The third kappa shape index (κ3) is 4.56. The van der Waals surface area contributed by atoms with Crippen LogP contribution < -0.4 is 10.5 Å². The molecule has 2 N–H and O–H groups in total. The van der Waals surface area contributed by atoms with Gasteiger partial charge in [0.2, 0.25) is 0 Å². The maximum absolute atomic E-state index is 12.2. The number of sulfone groups is 1. The Kier molecular flexibility index (Phi) is 5.39. The molecule has 2 aromatic carbocycles. The molecule has 0 aliphatic heterocycles. The van der Waals surface area contributed by atoms with Crippen LogP contribution in [-0.2, 0) is 16.4 Å². The van der Waals surface area contributed by atoms with Gasteiger partial charge in [-0.2, -0.15) is 0 Å². The first-order valence-corrected chi connectivity index (χ1v) is 8.86. The highest BCUT2D eigenvalue weighted by atomic mass is 79.9. The molecule has 2 rings (SSSR count). The van der Waals surface area contributed by atoms with Crippen LogP contribution in [0.4, 0.5) is 0 Å². The van der Waals surface area contributed by atoms with E-state index in [0.717, 1.165) is 10.0 Å². The Bertz CT molecular complexity index is 699. The Hall–Kier alpha value is -1.37. The lowest BCUT2D eigenvalue weighted by molar-refractivity contribution is 0.341. The van der Waals surface area contributed by atoms with Crippen molar-refractivity contribution in [2.45, 2.75) is 11.4 Å². The van der Waals surface area contributed by atoms with Gasteiger partial charge in [-0.3, -0.25) is 0 Å². The Morgan fingerprint density at radius 2 is 1.81 bits per heavy atom. The average molecular weight is 370 g/mol. The third-order valence-electron chi connectivity index (χ3n) is 2.94. The molecule has 4 nitrogen and oxygen atoms in total. The topological polar surface area (TPSA) is 69.4 Å². The predicted octanol–water partition coefficient (Wildman–Crippen LogP) is 2.76. The van der Waals surface area contributed by atoms with Crippen molar-refractivity contribution >= 4 is 25.8 Å². The Morgan fingerprint density at radius 3 is 2.43 bits per heavy atom. The van der Waals surface area contributed by atoms with Crippen molar-refractivity contribution in [3.63, 3.8) is 0 Å². The standard InChI is InChI=1S/C15H16BrNO3S/c16-13-2-1-3-15(10-13)21(18,19)9-8-20-14-6-4-12(11-17)5-7-14/h1-7,10H,8-9,11,17H2. The summed E-state index contributed by atoms with van der Waals surface area (Å²) in [5, 5.41) is 0. The second-order valence-corrected chi connectivity index (χ2v) is 7.50. The van der Waals surface area contributed by atoms with Gasteiger partial charge >= 0.3 is 0 Å². The molecule has 112 valence electrons. The van der Waals surface area contributed by atoms with E-state index in [2.05, 4.69) is 15.9 Å². The molecule has 0 aromatic heterocycles. The molecule has 0 bridgehead atoms. The van der Waals surface area contributed by atoms with E-state index in [0.29, 0.717) is 17.2 Å². The molecule has 21 heavy (non-hydrogen) atoms. The lowest BCUT2D eigenvalue weighted by Crippen LogP contribution is -2.14. The molecule has 2 aromatic rings. The van der Waals surface area contributed by atoms with E-state index in [1.54, 1.807) is 36.4 Å². The zero-order valence-corrected chi connectivity index (χ0v) is 13.7. The summed E-state index contributed by atoms with van der Waals surface area (Å²) >= 11 is 3.27. The van der Waals surface area contributed by atoms with Crippen LogP contribution in [0, 0.1) is 0 Å². The Labute approximate surface area is 133 Å². The summed E-state index contributed by atoms with van der Waals surface area (Å²) in [5.41, 5.74) is 6.51. The van der Waals surface area contributed by atoms with Gasteiger partial charge in [0, 0.05) is 11.0 Å². The number of ether oxygens (including phenoxy) is 1. The van der Waals surface area contributed by atoms with Crippen molar-refractivity contribution < 1.29 is 13.2 Å². The van der Waals surface area contributed by atoms with Gasteiger partial charge in [0.05, 0.1) is 10.6 Å². The van der Waals surface area contributed by atoms with Crippen molar-refractivity contribution in [2.24, 2.45) is 5.73 Å². The number of hydrogen-bond acceptors (Lipinski definition) is 4. The van der Waals surface area contributed by atoms with E-state index in [1.165, 1.54) is 0 Å². The number of benzene rings is 2. The molecule has 0 aliphatic rings. The highest BCUT2D eigenvalue weighted by Gasteiger charge is 2.14. The highest BCUT2D eigenvalue weighted by molar-refractivity contribution is 9.10. The molecule has 6 heteroatoms. The molecule has 0 radical (unpaired) electrons. The monoisotopic (exact) mass is 369 g/mol. The first-order valence-electron chi connectivity index (χ1n) is 6.41. The Balaban J connectivity index is 1.95. The second kappa shape index (κ2) is 7.06. The average Bonchev–Trinajstić information content (AvgIpc) is 2.48. The van der Waals surface area contributed by atoms with Gasteiger partial charge in [0.15, 0.2) is 9.84 Å². The maximum atomic E-state index is 12.2. The fourth-order valence-corrected chi connectivity index (χ4v) is 3.45. The van der Waals surface area contributed by atoms with Crippen molar-refractivity contribution in [1.29, 1.82) is 0 Å². The summed E-state index contributed by atoms with van der Waals surface area (Å²) < 4.78 is 30.5. The number of halogens is 1. The van der Waals surface area contributed by atoms with Crippen LogP contribution in [0.2, 0.25) is 0 Å². The first-order chi connectivity index (χ1) is 10.0. The molecule has 0 saturated carbocycles. The molecule has 0 saturated heterocycles. The molecule has 0 unspecified atom stereocenters. The molecular weight excluding hydrogens is 354 g/mol. The van der Waals surface area contributed by atoms with E-state index in [-0.39, 0.29) is 12.4 Å². The zero-order chi connectivity index (χ0) is 15.3. The molecule has 0 amide bonds. The van der Waals surface area contributed by atoms with Gasteiger partial charge in [0.1, 0.15) is 12.4 Å². The van der Waals surface area contributed by atoms with Crippen molar-refractivity contribution in [3.8, 4) is 5.75 Å². The SMILES string of the molecule is NCc1ccc(OCCS(=O)(=O)c2cccc(Br)c2)cc1. The molecule has 0 aliphatic carbocycles. The minimum atomic E-state index is -3.34. The van der Waals surface area contributed by atoms with Gasteiger partial charge < -0.3 is 10.5 Å². The van der Waals surface area contributed by atoms with Crippen LogP contribution in [0.1, 0.15) is 5.56 Å². The maximum Gasteiger partial charge on any atom is 0.181 e. The summed E-state index contributed by atoms with van der Waals surface area (Å²) in [7, 11) is -3.34. The van der Waals surface area contributed by atoms with Crippen LogP contribution in [0.25, 0.3) is 0 Å². The van der Waals surface area contributed by atoms with Crippen LogP contribution in [-0.4, -0.2) is 20.8 Å². The predicted molar refractivity (Wildman–Crippen MR) is 86.0 cm³/mol. The fraction of sp³-hybridized carbons (Fsp3) is 0.200. The lowest BCUT2D eigenvalue weighted by atomic mass is 10.2. The highest BCUT2D eigenvalue weighted by Crippen LogP contribution is 2.18. The van der Waals surface area contributed by atoms with Crippen LogP contribution in [0.3, 0.4) is 0 Å². The van der Waals surface area contributed by atoms with Crippen molar-refractivity contribution in [2.75, 3.05) is 12.4 Å². The summed E-state index contributed by atoms with van der Waals surface area (Å²) in [6.07, 6.45) is 0. The van der Waals surface area contributed by atoms with Gasteiger partial charge in [-0.25, -0.2) is 8.42 Å². The third-order valence-corrected chi connectivity index (χ3v) is 5.10. The molecule has 0 heterocycles. The lowest BCUT2D eigenvalue weighted by Gasteiger charge is -2.08. The van der Waals surface area contributed by atoms with Crippen LogP contribution in [0.5, 0.6) is 5.75 Å². The number of hydrogen-bond donors (Lipinski definition) is 1. The largest absolute Gasteiger partial charge is 0.493 e. The normalized spacial score (nSPS) is 11.3. The van der Waals surface area contributed by atoms with Gasteiger partial charge in [-0.15, -0.1) is 0 Å². The van der Waals surface area contributed by atoms with Crippen molar-refractivity contribution in [1.82, 2.24) is 0 Å². The molecule has 0 spiro atoms. The quantitative estimate of drug-likeness (QED) is 0.849. The summed E-state index contributed by atoms with van der Waals surface area (Å²) in [5.74, 6) is 0.568. The smallest absolute Gasteiger partial charge is 0.181 e. The summed E-state index contributed by atoms with van der Waals surface area (Å²) in [6.45, 7) is 0.578. The number of rotatable bonds is 6. The summed E-state index contributed by atoms with van der Waals surface area (Å²) in [4.78, 5) is 0.291. The van der Waals surface area contributed by atoms with E-state index in [9.17, 15) is 8.42 Å². The van der Waals surface area contributed by atoms with Crippen LogP contribution in [0.15, 0.2) is 57.9 Å². The zero-order valence-electron chi connectivity index (χ0n) is 11.3. The number of nitrogens with two attached hydrogens (primary N) is 1. The molecule has 0 fully saturated rings. The van der Waals surface area contributed by atoms with Gasteiger partial charge in [-0.1, -0.05) is 34.1 Å². The van der Waals surface area contributed by atoms with E-state index >= 15 is 0 Å². The van der Waals surface area contributed by atoms with E-state index < -0.39 is 9.84 Å². The molecular formula is C15H16BrNO3S. The second-order valence-electron chi connectivity index (χ2n) is 4.47.